The van der Waals surface area contributed by atoms with E-state index in [1.165, 1.54) is 0 Å². The summed E-state index contributed by atoms with van der Waals surface area (Å²) in [5, 5.41) is 6.88. The Bertz CT molecular complexity index is 391. The van der Waals surface area contributed by atoms with Crippen LogP contribution in [-0.2, 0) is 11.3 Å². The van der Waals surface area contributed by atoms with Gasteiger partial charge < -0.3 is 14.7 Å². The molecule has 1 aromatic rings. The number of rotatable bonds is 3. The molecule has 1 unspecified atom stereocenters. The first-order valence-corrected chi connectivity index (χ1v) is 5.93. The van der Waals surface area contributed by atoms with E-state index in [-0.39, 0.29) is 11.8 Å². The maximum absolute atomic E-state index is 11.3. The fraction of sp³-hybridized carbons (Fsp3) is 0.727. The van der Waals surface area contributed by atoms with Gasteiger partial charge in [0, 0.05) is 20.0 Å². The molecule has 1 fully saturated rings. The third-order valence-corrected chi connectivity index (χ3v) is 3.03. The van der Waals surface area contributed by atoms with E-state index in [9.17, 15) is 4.79 Å². The van der Waals surface area contributed by atoms with Gasteiger partial charge in [-0.1, -0.05) is 5.16 Å². The lowest BCUT2D eigenvalue weighted by Gasteiger charge is -2.29. The molecule has 1 atom stereocenters. The number of nitrogens with zero attached hydrogens (tertiary/aromatic N) is 3. The summed E-state index contributed by atoms with van der Waals surface area (Å²) in [4.78, 5) is 17.5. The van der Waals surface area contributed by atoms with Crippen LogP contribution >= 0.6 is 0 Å². The van der Waals surface area contributed by atoms with Crippen molar-refractivity contribution < 1.29 is 9.32 Å². The first-order valence-electron chi connectivity index (χ1n) is 5.93. The summed E-state index contributed by atoms with van der Waals surface area (Å²) in [6.07, 6.45) is 2.00. The van der Waals surface area contributed by atoms with Crippen LogP contribution in [0.5, 0.6) is 0 Å². The predicted molar refractivity (Wildman–Crippen MR) is 61.3 cm³/mol. The summed E-state index contributed by atoms with van der Waals surface area (Å²) in [5.41, 5.74) is 0. The molecule has 6 heteroatoms. The molecule has 1 aliphatic rings. The first-order chi connectivity index (χ1) is 8.20. The normalized spacial score (nSPS) is 20.6. The van der Waals surface area contributed by atoms with Crippen LogP contribution < -0.4 is 5.32 Å². The fourth-order valence-electron chi connectivity index (χ4n) is 2.13. The molecule has 0 aromatic carbocycles. The quantitative estimate of drug-likeness (QED) is 0.831. The molecule has 17 heavy (non-hydrogen) atoms. The van der Waals surface area contributed by atoms with Gasteiger partial charge in [-0.05, 0) is 19.9 Å². The monoisotopic (exact) mass is 238 g/mol. The topological polar surface area (TPSA) is 71.3 Å². The van der Waals surface area contributed by atoms with E-state index in [0.717, 1.165) is 19.4 Å². The van der Waals surface area contributed by atoms with E-state index >= 15 is 0 Å². The molecule has 0 radical (unpaired) electrons. The summed E-state index contributed by atoms with van der Waals surface area (Å²) in [6, 6.07) is 0. The van der Waals surface area contributed by atoms with E-state index in [4.69, 9.17) is 4.52 Å². The highest BCUT2D eigenvalue weighted by atomic mass is 16.5. The van der Waals surface area contributed by atoms with Crippen LogP contribution in [0.15, 0.2) is 4.52 Å². The Kier molecular flexibility index (Phi) is 3.73. The lowest BCUT2D eigenvalue weighted by atomic mass is 9.98. The average molecular weight is 238 g/mol. The van der Waals surface area contributed by atoms with Crippen LogP contribution in [0.4, 0.5) is 0 Å². The molecule has 0 saturated carbocycles. The molecule has 1 saturated heterocycles. The standard InChI is InChI=1S/C11H18N4O2/c1-8(16)15-5-3-4-9(7-15)11-13-10(6-12-2)14-17-11/h9,12H,3-7H2,1-2H3. The van der Waals surface area contributed by atoms with E-state index in [0.29, 0.717) is 24.8 Å². The molecule has 0 spiro atoms. The lowest BCUT2D eigenvalue weighted by molar-refractivity contribution is -0.130. The average Bonchev–Trinajstić information content (AvgIpc) is 2.78. The van der Waals surface area contributed by atoms with Crippen LogP contribution in [0.1, 0.15) is 37.4 Å². The van der Waals surface area contributed by atoms with Gasteiger partial charge in [0.2, 0.25) is 11.8 Å². The second-order valence-electron chi connectivity index (χ2n) is 4.38. The Morgan fingerprint density at radius 1 is 1.65 bits per heavy atom. The molecular weight excluding hydrogens is 220 g/mol. The Morgan fingerprint density at radius 2 is 2.47 bits per heavy atom. The highest BCUT2D eigenvalue weighted by Gasteiger charge is 2.26. The molecule has 0 bridgehead atoms. The lowest BCUT2D eigenvalue weighted by Crippen LogP contribution is -2.37. The Labute approximate surface area is 100 Å². The van der Waals surface area contributed by atoms with Gasteiger partial charge in [-0.15, -0.1) is 0 Å². The molecule has 2 heterocycles. The van der Waals surface area contributed by atoms with Crippen molar-refractivity contribution in [3.05, 3.63) is 11.7 Å². The highest BCUT2D eigenvalue weighted by molar-refractivity contribution is 5.73. The number of amides is 1. The van der Waals surface area contributed by atoms with Crippen LogP contribution in [0, 0.1) is 0 Å². The van der Waals surface area contributed by atoms with Gasteiger partial charge in [0.15, 0.2) is 5.82 Å². The molecule has 1 N–H and O–H groups in total. The summed E-state index contributed by atoms with van der Waals surface area (Å²) in [7, 11) is 1.84. The zero-order valence-electron chi connectivity index (χ0n) is 10.3. The number of nitrogens with one attached hydrogen (secondary N) is 1. The summed E-state index contributed by atoms with van der Waals surface area (Å²) in [5.74, 6) is 1.62. The van der Waals surface area contributed by atoms with Gasteiger partial charge in [-0.2, -0.15) is 4.98 Å². The van der Waals surface area contributed by atoms with Crippen molar-refractivity contribution in [3.63, 3.8) is 0 Å². The number of carbonyl (C=O) groups is 1. The third-order valence-electron chi connectivity index (χ3n) is 3.03. The maximum Gasteiger partial charge on any atom is 0.231 e. The van der Waals surface area contributed by atoms with E-state index in [1.54, 1.807) is 6.92 Å². The summed E-state index contributed by atoms with van der Waals surface area (Å²) >= 11 is 0. The number of hydrogen-bond acceptors (Lipinski definition) is 5. The minimum absolute atomic E-state index is 0.115. The van der Waals surface area contributed by atoms with Crippen molar-refractivity contribution in [1.29, 1.82) is 0 Å². The van der Waals surface area contributed by atoms with Crippen molar-refractivity contribution in [1.82, 2.24) is 20.4 Å². The van der Waals surface area contributed by atoms with Crippen molar-refractivity contribution >= 4 is 5.91 Å². The molecule has 6 nitrogen and oxygen atoms in total. The van der Waals surface area contributed by atoms with Gasteiger partial charge in [0.25, 0.3) is 0 Å². The SMILES string of the molecule is CNCc1noc(C2CCCN(C(C)=O)C2)n1. The minimum Gasteiger partial charge on any atom is -0.342 e. The van der Waals surface area contributed by atoms with Crippen molar-refractivity contribution in [2.24, 2.45) is 0 Å². The van der Waals surface area contributed by atoms with Crippen LogP contribution in [-0.4, -0.2) is 41.1 Å². The van der Waals surface area contributed by atoms with Crippen molar-refractivity contribution in [2.45, 2.75) is 32.2 Å². The van der Waals surface area contributed by atoms with Gasteiger partial charge in [0.05, 0.1) is 12.5 Å². The Balaban J connectivity index is 2.02. The van der Waals surface area contributed by atoms with E-state index in [1.807, 2.05) is 11.9 Å². The number of hydrogen-bond donors (Lipinski definition) is 1. The number of aromatic nitrogens is 2. The van der Waals surface area contributed by atoms with Gasteiger partial charge in [0.1, 0.15) is 0 Å². The zero-order chi connectivity index (χ0) is 12.3. The van der Waals surface area contributed by atoms with Gasteiger partial charge in [-0.25, -0.2) is 0 Å². The van der Waals surface area contributed by atoms with Gasteiger partial charge >= 0.3 is 0 Å². The molecule has 1 aromatic heterocycles. The third kappa shape index (κ3) is 2.82. The Hall–Kier alpha value is -1.43. The van der Waals surface area contributed by atoms with E-state index in [2.05, 4.69) is 15.5 Å². The molecule has 1 amide bonds. The first kappa shape index (κ1) is 12.0. The van der Waals surface area contributed by atoms with Crippen LogP contribution in [0.3, 0.4) is 0 Å². The summed E-state index contributed by atoms with van der Waals surface area (Å²) in [6.45, 7) is 3.73. The fourth-order valence-corrected chi connectivity index (χ4v) is 2.13. The predicted octanol–water partition coefficient (Wildman–Crippen LogP) is 0.515. The largest absolute Gasteiger partial charge is 0.342 e. The van der Waals surface area contributed by atoms with Crippen LogP contribution in [0.2, 0.25) is 0 Å². The molecular formula is C11H18N4O2. The minimum atomic E-state index is 0.115. The summed E-state index contributed by atoms with van der Waals surface area (Å²) < 4.78 is 5.25. The zero-order valence-corrected chi connectivity index (χ0v) is 10.3. The second-order valence-corrected chi connectivity index (χ2v) is 4.38. The molecule has 0 aliphatic carbocycles. The van der Waals surface area contributed by atoms with Crippen molar-refractivity contribution in [2.75, 3.05) is 20.1 Å². The maximum atomic E-state index is 11.3. The number of likely N-dealkylation sites (tertiary alicyclic amines) is 1. The number of piperidine rings is 1. The number of carbonyl (C=O) groups excluding carboxylic acids is 1. The molecule has 94 valence electrons. The highest BCUT2D eigenvalue weighted by Crippen LogP contribution is 2.25. The van der Waals surface area contributed by atoms with Crippen molar-refractivity contribution in [3.8, 4) is 0 Å². The Morgan fingerprint density at radius 3 is 3.18 bits per heavy atom. The van der Waals surface area contributed by atoms with Gasteiger partial charge in [-0.3, -0.25) is 4.79 Å². The molecule has 1 aliphatic heterocycles. The van der Waals surface area contributed by atoms with Crippen LogP contribution in [0.25, 0.3) is 0 Å². The molecule has 2 rings (SSSR count). The second kappa shape index (κ2) is 5.27. The van der Waals surface area contributed by atoms with E-state index < -0.39 is 0 Å². The smallest absolute Gasteiger partial charge is 0.231 e.